The lowest BCUT2D eigenvalue weighted by Gasteiger charge is -2.37. The van der Waals surface area contributed by atoms with Crippen LogP contribution in [-0.4, -0.2) is 50.7 Å². The van der Waals surface area contributed by atoms with Gasteiger partial charge in [0.2, 0.25) is 5.95 Å². The summed E-state index contributed by atoms with van der Waals surface area (Å²) in [5, 5.41) is 14.9. The number of aromatic nitrogens is 3. The fourth-order valence-corrected chi connectivity index (χ4v) is 4.16. The van der Waals surface area contributed by atoms with Crippen molar-refractivity contribution in [1.29, 1.82) is 0 Å². The van der Waals surface area contributed by atoms with Crippen LogP contribution in [-0.2, 0) is 11.8 Å². The molecule has 2 aromatic heterocycles. The third kappa shape index (κ3) is 5.00. The lowest BCUT2D eigenvalue weighted by molar-refractivity contribution is -0.118. The second-order valence-corrected chi connectivity index (χ2v) is 9.10. The summed E-state index contributed by atoms with van der Waals surface area (Å²) < 4.78 is 6.89. The second-order valence-electron chi connectivity index (χ2n) is 8.69. The molecule has 10 heteroatoms. The second kappa shape index (κ2) is 9.60. The van der Waals surface area contributed by atoms with Crippen LogP contribution in [0.15, 0.2) is 35.3 Å². The van der Waals surface area contributed by atoms with E-state index in [4.69, 9.17) is 16.3 Å². The van der Waals surface area contributed by atoms with Gasteiger partial charge in [0.1, 0.15) is 11.6 Å². The highest BCUT2D eigenvalue weighted by Gasteiger charge is 2.31. The molecular weight excluding hydrogens is 458 g/mol. The predicted molar refractivity (Wildman–Crippen MR) is 132 cm³/mol. The van der Waals surface area contributed by atoms with Crippen molar-refractivity contribution in [2.75, 3.05) is 29.9 Å². The summed E-state index contributed by atoms with van der Waals surface area (Å²) >= 11 is 6.37. The van der Waals surface area contributed by atoms with Gasteiger partial charge < -0.3 is 24.6 Å². The lowest BCUT2D eigenvalue weighted by Crippen LogP contribution is -2.44. The molecule has 9 nitrogen and oxygen atoms in total. The highest BCUT2D eigenvalue weighted by atomic mass is 35.5. The molecule has 0 amide bonds. The molecule has 0 aliphatic carbocycles. The maximum atomic E-state index is 12.5. The van der Waals surface area contributed by atoms with Crippen molar-refractivity contribution in [3.05, 3.63) is 45.8 Å². The Morgan fingerprint density at radius 3 is 2.71 bits per heavy atom. The van der Waals surface area contributed by atoms with Gasteiger partial charge in [0.15, 0.2) is 17.4 Å². The molecule has 0 unspecified atom stereocenters. The number of hydrogen-bond donors (Lipinski definition) is 2. The van der Waals surface area contributed by atoms with Gasteiger partial charge in [-0.2, -0.15) is 4.98 Å². The molecule has 1 aliphatic heterocycles. The van der Waals surface area contributed by atoms with Crippen LogP contribution in [0.25, 0.3) is 10.9 Å². The maximum Gasteiger partial charge on any atom is 0.293 e. The highest BCUT2D eigenvalue weighted by Crippen LogP contribution is 2.30. The number of pyridine rings is 1. The SMILES string of the molecule is CCC1(O)CCN(c2ncc(Cl)c(Nc3ccc4c(c3)cc(OCC(C)=O)c(=O)n4C)n2)CC1. The number of ketones is 1. The van der Waals surface area contributed by atoms with E-state index in [1.165, 1.54) is 11.5 Å². The van der Waals surface area contributed by atoms with Crippen LogP contribution in [0.1, 0.15) is 33.1 Å². The smallest absolute Gasteiger partial charge is 0.293 e. The molecule has 1 aromatic carbocycles. The number of ether oxygens (including phenoxy) is 1. The Labute approximate surface area is 202 Å². The number of carbonyl (C=O) groups is 1. The Hall–Kier alpha value is -3.17. The number of piperidine rings is 1. The Balaban J connectivity index is 1.59. The zero-order chi connectivity index (χ0) is 24.5. The summed E-state index contributed by atoms with van der Waals surface area (Å²) in [4.78, 5) is 34.8. The van der Waals surface area contributed by atoms with E-state index >= 15 is 0 Å². The summed E-state index contributed by atoms with van der Waals surface area (Å²) in [6.45, 7) is 4.57. The van der Waals surface area contributed by atoms with Crippen LogP contribution in [0, 0.1) is 0 Å². The fourth-order valence-electron chi connectivity index (χ4n) is 4.02. The van der Waals surface area contributed by atoms with Gasteiger partial charge in [-0.1, -0.05) is 18.5 Å². The molecule has 0 saturated carbocycles. The molecule has 3 heterocycles. The number of anilines is 3. The number of halogens is 1. The summed E-state index contributed by atoms with van der Waals surface area (Å²) in [5.41, 5.74) is 0.503. The van der Waals surface area contributed by atoms with E-state index in [0.29, 0.717) is 48.4 Å². The van der Waals surface area contributed by atoms with Crippen molar-refractivity contribution in [3.8, 4) is 5.75 Å². The summed E-state index contributed by atoms with van der Waals surface area (Å²) in [5.74, 6) is 0.954. The number of hydrogen-bond acceptors (Lipinski definition) is 8. The van der Waals surface area contributed by atoms with E-state index in [9.17, 15) is 14.7 Å². The number of aryl methyl sites for hydroxylation is 1. The molecule has 0 atom stereocenters. The molecule has 0 radical (unpaired) electrons. The van der Waals surface area contributed by atoms with Crippen LogP contribution >= 0.6 is 11.6 Å². The number of aliphatic hydroxyl groups is 1. The predicted octanol–water partition coefficient (Wildman–Crippen LogP) is 3.43. The third-order valence-corrected chi connectivity index (χ3v) is 6.53. The molecule has 1 saturated heterocycles. The van der Waals surface area contributed by atoms with Crippen molar-refractivity contribution in [3.63, 3.8) is 0 Å². The maximum absolute atomic E-state index is 12.5. The number of fused-ring (bicyclic) bond motifs is 1. The van der Waals surface area contributed by atoms with Crippen LogP contribution in [0.3, 0.4) is 0 Å². The highest BCUT2D eigenvalue weighted by molar-refractivity contribution is 6.32. The zero-order valence-electron chi connectivity index (χ0n) is 19.5. The van der Waals surface area contributed by atoms with E-state index in [1.807, 2.05) is 30.0 Å². The first-order valence-electron chi connectivity index (χ1n) is 11.2. The molecule has 1 aliphatic rings. The molecule has 0 spiro atoms. The number of benzene rings is 1. The third-order valence-electron chi connectivity index (χ3n) is 6.25. The molecule has 180 valence electrons. The Morgan fingerprint density at radius 2 is 2.03 bits per heavy atom. The van der Waals surface area contributed by atoms with Gasteiger partial charge in [0, 0.05) is 31.2 Å². The van der Waals surface area contributed by atoms with E-state index < -0.39 is 5.60 Å². The average Bonchev–Trinajstić information content (AvgIpc) is 2.82. The normalized spacial score (nSPS) is 15.4. The van der Waals surface area contributed by atoms with E-state index in [2.05, 4.69) is 15.3 Å². The van der Waals surface area contributed by atoms with E-state index in [-0.39, 0.29) is 23.7 Å². The van der Waals surface area contributed by atoms with Crippen LogP contribution in [0.2, 0.25) is 5.02 Å². The van der Waals surface area contributed by atoms with Crippen molar-refractivity contribution in [2.45, 2.75) is 38.7 Å². The Morgan fingerprint density at radius 1 is 1.29 bits per heavy atom. The Kier molecular flexibility index (Phi) is 6.77. The first-order valence-corrected chi connectivity index (χ1v) is 11.6. The van der Waals surface area contributed by atoms with Gasteiger partial charge in [-0.25, -0.2) is 4.98 Å². The van der Waals surface area contributed by atoms with Crippen molar-refractivity contribution < 1.29 is 14.6 Å². The molecule has 3 aromatic rings. The summed E-state index contributed by atoms with van der Waals surface area (Å²) in [7, 11) is 1.66. The van der Waals surface area contributed by atoms with Crippen LogP contribution < -0.4 is 20.5 Å². The average molecular weight is 486 g/mol. The minimum Gasteiger partial charge on any atom is -0.480 e. The van der Waals surface area contributed by atoms with Crippen molar-refractivity contribution >= 4 is 45.7 Å². The van der Waals surface area contributed by atoms with Gasteiger partial charge in [-0.3, -0.25) is 9.59 Å². The molecular formula is C24H28ClN5O4. The van der Waals surface area contributed by atoms with Gasteiger partial charge in [0.25, 0.3) is 5.56 Å². The van der Waals surface area contributed by atoms with Gasteiger partial charge in [-0.15, -0.1) is 0 Å². The van der Waals surface area contributed by atoms with Gasteiger partial charge in [0.05, 0.1) is 17.3 Å². The standard InChI is InChI=1S/C24H28ClN5O4/c1-4-24(33)7-9-30(10-8-24)23-26-13-18(25)21(28-23)27-17-5-6-19-16(11-17)12-20(22(32)29(19)3)34-14-15(2)31/h5-6,11-13,33H,4,7-10,14H2,1-3H3,(H,26,27,28). The topological polar surface area (TPSA) is 110 Å². The first-order chi connectivity index (χ1) is 16.2. The molecule has 0 bridgehead atoms. The molecule has 34 heavy (non-hydrogen) atoms. The minimum atomic E-state index is -0.623. The summed E-state index contributed by atoms with van der Waals surface area (Å²) in [6.07, 6.45) is 3.61. The molecule has 1 fully saturated rings. The van der Waals surface area contributed by atoms with E-state index in [0.717, 1.165) is 17.3 Å². The van der Waals surface area contributed by atoms with Gasteiger partial charge >= 0.3 is 0 Å². The van der Waals surface area contributed by atoms with Crippen LogP contribution in [0.5, 0.6) is 5.75 Å². The van der Waals surface area contributed by atoms with Crippen molar-refractivity contribution in [2.24, 2.45) is 7.05 Å². The number of rotatable bonds is 7. The molecule has 2 N–H and O–H groups in total. The van der Waals surface area contributed by atoms with E-state index in [1.54, 1.807) is 19.3 Å². The molecule has 4 rings (SSSR count). The largest absolute Gasteiger partial charge is 0.480 e. The van der Waals surface area contributed by atoms with Gasteiger partial charge in [-0.05, 0) is 50.5 Å². The minimum absolute atomic E-state index is 0.113. The first kappa shape index (κ1) is 24.0. The quantitative estimate of drug-likeness (QED) is 0.523. The fraction of sp³-hybridized carbons (Fsp3) is 0.417. The number of Topliss-reactive ketones (excluding diaryl/α,β-unsaturated/α-hetero) is 1. The summed E-state index contributed by atoms with van der Waals surface area (Å²) in [6, 6.07) is 7.13. The lowest BCUT2D eigenvalue weighted by atomic mass is 9.89. The number of carbonyl (C=O) groups excluding carboxylic acids is 1. The van der Waals surface area contributed by atoms with Crippen molar-refractivity contribution in [1.82, 2.24) is 14.5 Å². The van der Waals surface area contributed by atoms with Crippen LogP contribution in [0.4, 0.5) is 17.5 Å². The Bertz CT molecular complexity index is 1280. The zero-order valence-corrected chi connectivity index (χ0v) is 20.2. The monoisotopic (exact) mass is 485 g/mol. The number of nitrogens with zero attached hydrogens (tertiary/aromatic N) is 4. The number of nitrogens with one attached hydrogen (secondary N) is 1.